The van der Waals surface area contributed by atoms with E-state index in [1.165, 1.54) is 16.9 Å². The van der Waals surface area contributed by atoms with E-state index in [2.05, 4.69) is 28.9 Å². The zero-order chi connectivity index (χ0) is 21.3. The lowest BCUT2D eigenvalue weighted by Crippen LogP contribution is -2.49. The van der Waals surface area contributed by atoms with Gasteiger partial charge < -0.3 is 9.64 Å². The van der Waals surface area contributed by atoms with Crippen molar-refractivity contribution >= 4 is 22.2 Å². The molecule has 30 heavy (non-hydrogen) atoms. The topological polar surface area (TPSA) is 67.2 Å². The molecule has 1 amide bonds. The number of carbonyl (C=O) groups is 1. The number of fused-ring (bicyclic) bond motifs is 1. The second kappa shape index (κ2) is 8.57. The van der Waals surface area contributed by atoms with E-state index in [1.807, 2.05) is 24.1 Å². The van der Waals surface area contributed by atoms with E-state index in [9.17, 15) is 9.59 Å². The first-order valence-electron chi connectivity index (χ1n) is 10.1. The molecule has 8 heteroatoms. The Hall–Kier alpha value is -2.71. The highest BCUT2D eigenvalue weighted by molar-refractivity contribution is 7.15. The van der Waals surface area contributed by atoms with Crippen molar-refractivity contribution in [3.63, 3.8) is 0 Å². The van der Waals surface area contributed by atoms with Crippen molar-refractivity contribution in [2.24, 2.45) is 0 Å². The summed E-state index contributed by atoms with van der Waals surface area (Å²) in [5.74, 6) is 0.805. The first-order chi connectivity index (χ1) is 14.4. The van der Waals surface area contributed by atoms with Gasteiger partial charge in [0.15, 0.2) is 11.6 Å². The average molecular weight is 427 g/mol. The number of piperazine rings is 1. The fourth-order valence-corrected chi connectivity index (χ4v) is 4.71. The molecular formula is C22H26N4O3S. The van der Waals surface area contributed by atoms with Crippen LogP contribution in [0.4, 0.5) is 0 Å². The third kappa shape index (κ3) is 4.39. The minimum absolute atomic E-state index is 0.00500. The van der Waals surface area contributed by atoms with Crippen molar-refractivity contribution in [2.45, 2.75) is 27.3 Å². The van der Waals surface area contributed by atoms with Crippen LogP contribution < -0.4 is 10.3 Å². The maximum Gasteiger partial charge on any atom is 0.260 e. The van der Waals surface area contributed by atoms with Crippen LogP contribution in [0, 0.1) is 20.8 Å². The number of aromatic nitrogens is 2. The van der Waals surface area contributed by atoms with Crippen molar-refractivity contribution in [3.8, 4) is 5.75 Å². The number of aryl methyl sites for hydroxylation is 3. The van der Waals surface area contributed by atoms with Gasteiger partial charge in [0.1, 0.15) is 5.75 Å². The lowest BCUT2D eigenvalue weighted by Gasteiger charge is -2.34. The summed E-state index contributed by atoms with van der Waals surface area (Å²) in [6, 6.07) is 5.73. The summed E-state index contributed by atoms with van der Waals surface area (Å²) >= 11 is 1.45. The van der Waals surface area contributed by atoms with Gasteiger partial charge in [-0.3, -0.25) is 18.9 Å². The number of hydrogen-bond donors (Lipinski definition) is 0. The molecule has 3 heterocycles. The average Bonchev–Trinajstić information content (AvgIpc) is 3.17. The third-order valence-corrected chi connectivity index (χ3v) is 6.17. The SMILES string of the molecule is Cc1cc(C)c(OCC(=O)N2CCN(Cc3cc(=O)n4ccsc4n3)CC2)c(C)c1. The molecule has 0 atom stereocenters. The zero-order valence-corrected chi connectivity index (χ0v) is 18.4. The summed E-state index contributed by atoms with van der Waals surface area (Å²) in [6.07, 6.45) is 1.74. The summed E-state index contributed by atoms with van der Waals surface area (Å²) < 4.78 is 7.41. The predicted molar refractivity (Wildman–Crippen MR) is 117 cm³/mol. The molecule has 0 N–H and O–H groups in total. The number of carbonyl (C=O) groups excluding carboxylic acids is 1. The molecule has 0 aliphatic carbocycles. The second-order valence-corrected chi connectivity index (χ2v) is 8.69. The van der Waals surface area contributed by atoms with E-state index in [0.717, 1.165) is 35.7 Å². The van der Waals surface area contributed by atoms with Gasteiger partial charge >= 0.3 is 0 Å². The fraction of sp³-hybridized carbons (Fsp3) is 0.409. The van der Waals surface area contributed by atoms with Crippen molar-refractivity contribution in [2.75, 3.05) is 32.8 Å². The molecule has 0 bridgehead atoms. The minimum Gasteiger partial charge on any atom is -0.483 e. The van der Waals surface area contributed by atoms with E-state index in [1.54, 1.807) is 16.7 Å². The molecule has 0 unspecified atom stereocenters. The Kier molecular flexibility index (Phi) is 5.87. The molecule has 1 aromatic carbocycles. The summed E-state index contributed by atoms with van der Waals surface area (Å²) in [6.45, 7) is 9.53. The summed E-state index contributed by atoms with van der Waals surface area (Å²) in [7, 11) is 0. The maximum absolute atomic E-state index is 12.6. The molecule has 2 aromatic heterocycles. The number of hydrogen-bond acceptors (Lipinski definition) is 6. The van der Waals surface area contributed by atoms with Gasteiger partial charge in [-0.15, -0.1) is 11.3 Å². The van der Waals surface area contributed by atoms with E-state index in [-0.39, 0.29) is 18.1 Å². The van der Waals surface area contributed by atoms with Crippen LogP contribution in [-0.2, 0) is 11.3 Å². The quantitative estimate of drug-likeness (QED) is 0.627. The molecule has 1 aliphatic heterocycles. The maximum atomic E-state index is 12.6. The van der Waals surface area contributed by atoms with Crippen molar-refractivity contribution in [1.82, 2.24) is 19.2 Å². The molecule has 1 aliphatic rings. The van der Waals surface area contributed by atoms with Crippen molar-refractivity contribution in [1.29, 1.82) is 0 Å². The number of amides is 1. The molecule has 7 nitrogen and oxygen atoms in total. The highest BCUT2D eigenvalue weighted by atomic mass is 32.1. The highest BCUT2D eigenvalue weighted by Gasteiger charge is 2.22. The van der Waals surface area contributed by atoms with E-state index < -0.39 is 0 Å². The molecule has 0 radical (unpaired) electrons. The van der Waals surface area contributed by atoms with Crippen LogP contribution >= 0.6 is 11.3 Å². The Bertz CT molecular complexity index is 1110. The number of thiazole rings is 1. The molecule has 0 saturated carbocycles. The van der Waals surface area contributed by atoms with Gasteiger partial charge in [0.2, 0.25) is 0 Å². The Morgan fingerprint density at radius 1 is 1.10 bits per heavy atom. The van der Waals surface area contributed by atoms with Crippen LogP contribution in [-0.4, -0.2) is 57.9 Å². The van der Waals surface area contributed by atoms with Crippen LogP contribution in [0.5, 0.6) is 5.75 Å². The Labute approximate surface area is 179 Å². The summed E-state index contributed by atoms with van der Waals surface area (Å²) in [4.78, 5) is 34.1. The molecule has 158 valence electrons. The lowest BCUT2D eigenvalue weighted by atomic mass is 10.1. The van der Waals surface area contributed by atoms with Crippen molar-refractivity contribution < 1.29 is 9.53 Å². The molecule has 3 aromatic rings. The first kappa shape index (κ1) is 20.6. The molecule has 4 rings (SSSR count). The molecule has 0 spiro atoms. The van der Waals surface area contributed by atoms with Gasteiger partial charge in [0.05, 0.1) is 5.69 Å². The zero-order valence-electron chi connectivity index (χ0n) is 17.6. The minimum atomic E-state index is -0.0519. The van der Waals surface area contributed by atoms with E-state index >= 15 is 0 Å². The molecule has 1 saturated heterocycles. The van der Waals surface area contributed by atoms with Gasteiger partial charge in [-0.25, -0.2) is 4.98 Å². The number of rotatable bonds is 5. The lowest BCUT2D eigenvalue weighted by molar-refractivity contribution is -0.135. The largest absolute Gasteiger partial charge is 0.483 e. The number of ether oxygens (including phenoxy) is 1. The standard InChI is InChI=1S/C22H26N4O3S/c1-15-10-16(2)21(17(3)11-15)29-14-20(28)25-6-4-24(5-7-25)13-18-12-19(27)26-8-9-30-22(26)23-18/h8-12H,4-7,13-14H2,1-3H3. The summed E-state index contributed by atoms with van der Waals surface area (Å²) in [5, 5.41) is 1.86. The smallest absolute Gasteiger partial charge is 0.260 e. The third-order valence-electron chi connectivity index (χ3n) is 5.41. The first-order valence-corrected chi connectivity index (χ1v) is 11.0. The van der Waals surface area contributed by atoms with Crippen LogP contribution in [0.1, 0.15) is 22.4 Å². The Balaban J connectivity index is 1.30. The van der Waals surface area contributed by atoms with Gasteiger partial charge in [0, 0.05) is 50.4 Å². The highest BCUT2D eigenvalue weighted by Crippen LogP contribution is 2.24. The van der Waals surface area contributed by atoms with Gasteiger partial charge in [-0.1, -0.05) is 17.7 Å². The normalized spacial score (nSPS) is 15.0. The molecule has 1 fully saturated rings. The van der Waals surface area contributed by atoms with Crippen LogP contribution in [0.15, 0.2) is 34.6 Å². The van der Waals surface area contributed by atoms with Gasteiger partial charge in [0.25, 0.3) is 11.5 Å². The summed E-state index contributed by atoms with van der Waals surface area (Å²) in [5.41, 5.74) is 4.02. The van der Waals surface area contributed by atoms with Gasteiger partial charge in [-0.05, 0) is 31.9 Å². The predicted octanol–water partition coefficient (Wildman–Crippen LogP) is 2.40. The van der Waals surface area contributed by atoms with Crippen LogP contribution in [0.3, 0.4) is 0 Å². The number of nitrogens with zero attached hydrogens (tertiary/aromatic N) is 4. The Morgan fingerprint density at radius 3 is 2.50 bits per heavy atom. The van der Waals surface area contributed by atoms with E-state index in [0.29, 0.717) is 24.6 Å². The fourth-order valence-electron chi connectivity index (χ4n) is 3.97. The van der Waals surface area contributed by atoms with Crippen LogP contribution in [0.2, 0.25) is 0 Å². The monoisotopic (exact) mass is 426 g/mol. The van der Waals surface area contributed by atoms with E-state index in [4.69, 9.17) is 4.74 Å². The second-order valence-electron chi connectivity index (χ2n) is 7.81. The van der Waals surface area contributed by atoms with Gasteiger partial charge in [-0.2, -0.15) is 0 Å². The van der Waals surface area contributed by atoms with Crippen molar-refractivity contribution in [3.05, 3.63) is 62.5 Å². The number of benzene rings is 1. The van der Waals surface area contributed by atoms with Crippen LogP contribution in [0.25, 0.3) is 4.96 Å². The molecular weight excluding hydrogens is 400 g/mol. The Morgan fingerprint density at radius 2 is 1.80 bits per heavy atom.